The summed E-state index contributed by atoms with van der Waals surface area (Å²) in [7, 11) is 0. The molecule has 2 rings (SSSR count). The highest BCUT2D eigenvalue weighted by molar-refractivity contribution is 5.55. The molecule has 1 aliphatic rings. The van der Waals surface area contributed by atoms with Crippen molar-refractivity contribution in [2.24, 2.45) is 11.8 Å². The lowest BCUT2D eigenvalue weighted by Gasteiger charge is -2.38. The maximum atomic E-state index is 14.3. The fourth-order valence-electron chi connectivity index (χ4n) is 2.84. The fourth-order valence-corrected chi connectivity index (χ4v) is 2.84. The largest absolute Gasteiger partial charge is 0.369 e. The summed E-state index contributed by atoms with van der Waals surface area (Å²) in [5, 5.41) is 3.40. The Balaban J connectivity index is 2.21. The second-order valence-electron chi connectivity index (χ2n) is 6.47. The summed E-state index contributed by atoms with van der Waals surface area (Å²) in [5.41, 5.74) is 1.87. The zero-order valence-electron chi connectivity index (χ0n) is 13.1. The van der Waals surface area contributed by atoms with Crippen molar-refractivity contribution >= 4 is 5.69 Å². The van der Waals surface area contributed by atoms with Crippen molar-refractivity contribution in [1.82, 2.24) is 5.32 Å². The first-order chi connectivity index (χ1) is 9.49. The van der Waals surface area contributed by atoms with E-state index in [0.29, 0.717) is 12.0 Å². The summed E-state index contributed by atoms with van der Waals surface area (Å²) in [6.07, 6.45) is 1.15. The van der Waals surface area contributed by atoms with Gasteiger partial charge in [-0.1, -0.05) is 39.8 Å². The van der Waals surface area contributed by atoms with Crippen molar-refractivity contribution in [2.75, 3.05) is 18.0 Å². The smallest absolute Gasteiger partial charge is 0.146 e. The molecule has 0 spiro atoms. The summed E-state index contributed by atoms with van der Waals surface area (Å²) in [5.74, 6) is 1.26. The Morgan fingerprint density at radius 1 is 1.30 bits per heavy atom. The van der Waals surface area contributed by atoms with Gasteiger partial charge in [0.15, 0.2) is 0 Å². The van der Waals surface area contributed by atoms with Crippen LogP contribution in [-0.2, 0) is 6.54 Å². The molecule has 112 valence electrons. The lowest BCUT2D eigenvalue weighted by Crippen LogP contribution is -2.39. The van der Waals surface area contributed by atoms with Crippen LogP contribution < -0.4 is 10.2 Å². The molecular weight excluding hydrogens is 251 g/mol. The molecule has 1 fully saturated rings. The summed E-state index contributed by atoms with van der Waals surface area (Å²) >= 11 is 0. The van der Waals surface area contributed by atoms with Gasteiger partial charge in [0.2, 0.25) is 0 Å². The fraction of sp³-hybridized carbons (Fsp3) is 0.647. The monoisotopic (exact) mass is 278 g/mol. The zero-order valence-corrected chi connectivity index (χ0v) is 13.1. The third kappa shape index (κ3) is 3.51. The Kier molecular flexibility index (Phi) is 5.03. The second kappa shape index (κ2) is 6.57. The van der Waals surface area contributed by atoms with Crippen LogP contribution in [0.25, 0.3) is 0 Å². The standard InChI is InChI=1S/C17H27FN2/c1-12(2)19-10-15-6-5-7-16(18)17(15)20-9-8-13(3)14(4)11-20/h5-7,12-14,19H,8-11H2,1-4H3. The van der Waals surface area contributed by atoms with E-state index in [-0.39, 0.29) is 5.82 Å². The van der Waals surface area contributed by atoms with E-state index in [1.165, 1.54) is 0 Å². The normalized spacial score (nSPS) is 23.4. The molecule has 0 radical (unpaired) electrons. The molecule has 2 unspecified atom stereocenters. The number of hydrogen-bond acceptors (Lipinski definition) is 2. The van der Waals surface area contributed by atoms with Gasteiger partial charge in [-0.15, -0.1) is 0 Å². The minimum absolute atomic E-state index is 0.0881. The van der Waals surface area contributed by atoms with E-state index in [9.17, 15) is 4.39 Å². The third-order valence-corrected chi connectivity index (χ3v) is 4.42. The van der Waals surface area contributed by atoms with Gasteiger partial charge in [0.1, 0.15) is 5.82 Å². The molecule has 1 aromatic rings. The molecule has 0 amide bonds. The SMILES string of the molecule is CC(C)NCc1cccc(F)c1N1CCC(C)C(C)C1. The molecule has 0 bridgehead atoms. The maximum absolute atomic E-state index is 14.3. The zero-order chi connectivity index (χ0) is 14.7. The first kappa shape index (κ1) is 15.3. The highest BCUT2D eigenvalue weighted by Crippen LogP contribution is 2.31. The van der Waals surface area contributed by atoms with Gasteiger partial charge in [0, 0.05) is 25.7 Å². The van der Waals surface area contributed by atoms with Crippen LogP contribution in [0.1, 0.15) is 39.7 Å². The summed E-state index contributed by atoms with van der Waals surface area (Å²) in [4.78, 5) is 2.23. The first-order valence-corrected chi connectivity index (χ1v) is 7.74. The Morgan fingerprint density at radius 2 is 2.05 bits per heavy atom. The number of hydrogen-bond donors (Lipinski definition) is 1. The molecule has 1 aliphatic heterocycles. The number of rotatable bonds is 4. The van der Waals surface area contributed by atoms with Gasteiger partial charge in [-0.05, 0) is 29.9 Å². The van der Waals surface area contributed by atoms with Crippen molar-refractivity contribution in [3.8, 4) is 0 Å². The molecule has 20 heavy (non-hydrogen) atoms. The average Bonchev–Trinajstić information content (AvgIpc) is 2.40. The predicted molar refractivity (Wildman–Crippen MR) is 83.5 cm³/mol. The average molecular weight is 278 g/mol. The van der Waals surface area contributed by atoms with E-state index >= 15 is 0 Å². The Morgan fingerprint density at radius 3 is 2.70 bits per heavy atom. The molecule has 1 saturated heterocycles. The topological polar surface area (TPSA) is 15.3 Å². The van der Waals surface area contributed by atoms with E-state index in [4.69, 9.17) is 0 Å². The van der Waals surface area contributed by atoms with Gasteiger partial charge < -0.3 is 10.2 Å². The van der Waals surface area contributed by atoms with Crippen molar-refractivity contribution in [1.29, 1.82) is 0 Å². The minimum atomic E-state index is -0.0881. The van der Waals surface area contributed by atoms with Gasteiger partial charge in [-0.25, -0.2) is 4.39 Å². The number of para-hydroxylation sites is 1. The predicted octanol–water partition coefficient (Wildman–Crippen LogP) is 3.81. The summed E-state index contributed by atoms with van der Waals surface area (Å²) in [6, 6.07) is 5.84. The van der Waals surface area contributed by atoms with Crippen molar-refractivity contribution in [3.63, 3.8) is 0 Å². The highest BCUT2D eigenvalue weighted by atomic mass is 19.1. The van der Waals surface area contributed by atoms with Crippen LogP contribution in [0.15, 0.2) is 18.2 Å². The first-order valence-electron chi connectivity index (χ1n) is 7.74. The molecule has 2 atom stereocenters. The van der Waals surface area contributed by atoms with Crippen molar-refractivity contribution < 1.29 is 4.39 Å². The van der Waals surface area contributed by atoms with Crippen molar-refractivity contribution in [2.45, 2.75) is 46.7 Å². The number of nitrogens with one attached hydrogen (secondary N) is 1. The van der Waals surface area contributed by atoms with Crippen LogP contribution in [0, 0.1) is 17.7 Å². The Hall–Kier alpha value is -1.09. The number of nitrogens with zero attached hydrogens (tertiary/aromatic N) is 1. The minimum Gasteiger partial charge on any atom is -0.369 e. The quantitative estimate of drug-likeness (QED) is 0.901. The van der Waals surface area contributed by atoms with E-state index < -0.39 is 0 Å². The number of anilines is 1. The summed E-state index contributed by atoms with van der Waals surface area (Å²) in [6.45, 7) is 11.4. The molecule has 1 N–H and O–H groups in total. The lowest BCUT2D eigenvalue weighted by atomic mass is 9.88. The van der Waals surface area contributed by atoms with Gasteiger partial charge in [0.05, 0.1) is 5.69 Å². The third-order valence-electron chi connectivity index (χ3n) is 4.42. The van der Waals surface area contributed by atoms with Crippen LogP contribution in [0.3, 0.4) is 0 Å². The lowest BCUT2D eigenvalue weighted by molar-refractivity contribution is 0.322. The number of piperidine rings is 1. The van der Waals surface area contributed by atoms with Crippen LogP contribution in [0.2, 0.25) is 0 Å². The molecule has 0 aliphatic carbocycles. The van der Waals surface area contributed by atoms with Gasteiger partial charge in [-0.2, -0.15) is 0 Å². The maximum Gasteiger partial charge on any atom is 0.146 e. The Labute approximate surface area is 122 Å². The van der Waals surface area contributed by atoms with E-state index in [2.05, 4.69) is 37.9 Å². The molecule has 0 aromatic heterocycles. The van der Waals surface area contributed by atoms with Crippen molar-refractivity contribution in [3.05, 3.63) is 29.6 Å². The van der Waals surface area contributed by atoms with Gasteiger partial charge >= 0.3 is 0 Å². The number of halogens is 1. The molecular formula is C17H27FN2. The molecule has 1 heterocycles. The van der Waals surface area contributed by atoms with Crippen LogP contribution >= 0.6 is 0 Å². The molecule has 1 aromatic carbocycles. The number of benzene rings is 1. The summed E-state index contributed by atoms with van der Waals surface area (Å²) < 4.78 is 14.3. The van der Waals surface area contributed by atoms with Gasteiger partial charge in [0.25, 0.3) is 0 Å². The van der Waals surface area contributed by atoms with Crippen LogP contribution in [0.5, 0.6) is 0 Å². The Bertz CT molecular complexity index is 445. The molecule has 3 heteroatoms. The highest BCUT2D eigenvalue weighted by Gasteiger charge is 2.25. The van der Waals surface area contributed by atoms with Crippen LogP contribution in [-0.4, -0.2) is 19.1 Å². The molecule has 2 nitrogen and oxygen atoms in total. The second-order valence-corrected chi connectivity index (χ2v) is 6.47. The van der Waals surface area contributed by atoms with E-state index in [0.717, 1.165) is 43.2 Å². The van der Waals surface area contributed by atoms with E-state index in [1.54, 1.807) is 6.07 Å². The molecule has 0 saturated carbocycles. The van der Waals surface area contributed by atoms with E-state index in [1.807, 2.05) is 12.1 Å². The van der Waals surface area contributed by atoms with Gasteiger partial charge in [-0.3, -0.25) is 0 Å². The van der Waals surface area contributed by atoms with Crippen LogP contribution in [0.4, 0.5) is 10.1 Å².